The Bertz CT molecular complexity index is 402. The normalized spacial score (nSPS) is 11.8. The first-order valence-electron chi connectivity index (χ1n) is 7.72. The van der Waals surface area contributed by atoms with Crippen LogP contribution in [0.2, 0.25) is 0 Å². The molecular weight excluding hydrogens is 625 g/mol. The zero-order valence-corrected chi connectivity index (χ0v) is 18.4. The number of halogens is 24. The van der Waals surface area contributed by atoms with Crippen LogP contribution in [0.25, 0.3) is 0 Å². The van der Waals surface area contributed by atoms with Crippen LogP contribution in [0.15, 0.2) is 0 Å². The van der Waals surface area contributed by atoms with E-state index in [1.54, 1.807) is 7.11 Å². The topological polar surface area (TPSA) is 26.6 Å². The van der Waals surface area contributed by atoms with Gasteiger partial charge in [-0.1, -0.05) is 0 Å². The van der Waals surface area contributed by atoms with Gasteiger partial charge in [-0.05, 0) is 0 Å². The Morgan fingerprint density at radius 1 is 0.421 bits per heavy atom. The van der Waals surface area contributed by atoms with Crippen LogP contribution in [0.4, 0.5) is 108 Å². The average molecular weight is 638 g/mol. The second kappa shape index (κ2) is 22.9. The molecule has 0 aromatic rings. The molecule has 240 valence electrons. The Morgan fingerprint density at radius 2 is 0.526 bits per heavy atom. The summed E-state index contributed by atoms with van der Waals surface area (Å²) in [5.41, 5.74) is 0. The summed E-state index contributed by atoms with van der Waals surface area (Å²) in [4.78, 5) is 1.86. The van der Waals surface area contributed by atoms with Gasteiger partial charge in [0.05, 0.1) is 0 Å². The van der Waals surface area contributed by atoms with Crippen LogP contribution >= 0.6 is 0 Å². The third-order valence-corrected chi connectivity index (χ3v) is 0.813. The molecule has 0 radical (unpaired) electrons. The van der Waals surface area contributed by atoms with Crippen molar-refractivity contribution in [3.05, 3.63) is 0 Å². The number of rotatable bonds is 0. The molecule has 0 spiro atoms. The Hall–Kier alpha value is -2.02. The van der Waals surface area contributed by atoms with Crippen LogP contribution in [0.1, 0.15) is 0 Å². The zero-order valence-electron chi connectivity index (χ0n) is 18.4. The number of carbonyl (C=O) groups excluding carboxylic acids is 1. The first-order chi connectivity index (χ1) is 15.7. The summed E-state index contributed by atoms with van der Waals surface area (Å²) >= 11 is 0. The molecule has 2 amide bonds. The van der Waals surface area contributed by atoms with Crippen LogP contribution in [0.5, 0.6) is 0 Å². The van der Waals surface area contributed by atoms with Crippen molar-refractivity contribution in [3.8, 4) is 0 Å². The molecule has 0 atom stereocenters. The van der Waals surface area contributed by atoms with E-state index >= 15 is 0 Å². The molecule has 0 aromatic carbocycles. The van der Waals surface area contributed by atoms with Crippen molar-refractivity contribution in [1.29, 1.82) is 0 Å². The molecule has 1 N–H and O–H groups in total. The zero-order chi connectivity index (χ0) is 33.6. The van der Waals surface area contributed by atoms with Crippen LogP contribution in [-0.4, -0.2) is 82.7 Å². The summed E-state index contributed by atoms with van der Waals surface area (Å²) in [7, 11) is -28.7. The number of hydrogen-bond acceptors (Lipinski definition) is 0. The monoisotopic (exact) mass is 639 g/mol. The van der Waals surface area contributed by atoms with Gasteiger partial charge in [-0.3, -0.25) is 10.2 Å². The highest BCUT2D eigenvalue weighted by molar-refractivity contribution is 6.51. The van der Waals surface area contributed by atoms with E-state index in [9.17, 15) is 104 Å². The van der Waals surface area contributed by atoms with Crippen molar-refractivity contribution < 1.29 is 108 Å². The van der Waals surface area contributed by atoms with Gasteiger partial charge >= 0.3 is 49.6 Å². The molecule has 0 bridgehead atoms. The van der Waals surface area contributed by atoms with E-state index < -0.39 is 43.5 Å². The number of urea groups is 1. The molecule has 0 aliphatic carbocycles. The van der Waals surface area contributed by atoms with Crippen LogP contribution in [-0.2, 0) is 0 Å². The van der Waals surface area contributed by atoms with Gasteiger partial charge in [0.2, 0.25) is 0 Å². The lowest BCUT2D eigenvalue weighted by Gasteiger charge is -2.02. The highest BCUT2D eigenvalue weighted by Gasteiger charge is 2.22. The maximum atomic E-state index is 9.75. The Kier molecular flexibility index (Phi) is 31.6. The van der Waals surface area contributed by atoms with E-state index in [4.69, 9.17) is 4.42 Å². The predicted molar refractivity (Wildman–Crippen MR) is 95.2 cm³/mol. The predicted octanol–water partition coefficient (Wildman–Crippen LogP) is 7.85. The fourth-order valence-corrected chi connectivity index (χ4v) is 0.508. The molecule has 0 saturated carbocycles. The number of nitrogens with one attached hydrogen (secondary N) is 1. The SMILES string of the molecule is CNC(=[O+]C)N(C)C.F[B-](F)(F)F.F[B-](F)(F)F.F[B-](F)(F)F.F[B-](F)(F)F.F[B-](F)(F)F.F[B-](F)(F)F. The van der Waals surface area contributed by atoms with Crippen molar-refractivity contribution in [3.63, 3.8) is 0 Å². The molecule has 0 unspecified atom stereocenters. The van der Waals surface area contributed by atoms with E-state index in [0.717, 1.165) is 6.03 Å². The van der Waals surface area contributed by atoms with Crippen molar-refractivity contribution in [2.24, 2.45) is 0 Å². The lowest BCUT2D eigenvalue weighted by Crippen LogP contribution is -2.32. The van der Waals surface area contributed by atoms with Crippen molar-refractivity contribution >= 4 is 49.6 Å². The largest absolute Gasteiger partial charge is 0.673 e. The highest BCUT2D eigenvalue weighted by atomic mass is 19.5. The van der Waals surface area contributed by atoms with Gasteiger partial charge in [0.15, 0.2) is 0 Å². The third-order valence-electron chi connectivity index (χ3n) is 0.813. The fourth-order valence-electron chi connectivity index (χ4n) is 0.508. The Morgan fingerprint density at radius 3 is 0.526 bits per heavy atom. The molecule has 0 heterocycles. The van der Waals surface area contributed by atoms with Crippen LogP contribution in [0.3, 0.4) is 0 Å². The van der Waals surface area contributed by atoms with Gasteiger partial charge in [-0.25, -0.2) is 4.42 Å². The quantitative estimate of drug-likeness (QED) is 0.159. The summed E-state index contributed by atoms with van der Waals surface area (Å²) in [6, 6.07) is 0.769. The molecule has 0 rings (SSSR count). The average Bonchev–Trinajstić information content (AvgIpc) is 2.36. The van der Waals surface area contributed by atoms with E-state index in [1.165, 1.54) is 0 Å². The van der Waals surface area contributed by atoms with Crippen LogP contribution in [0, 0.1) is 0 Å². The third kappa shape index (κ3) is 1030. The van der Waals surface area contributed by atoms with E-state index in [2.05, 4.69) is 5.32 Å². The standard InChI is InChI=1S/C5H13N2O.6BF4/c1-6-5(8-4)7(2)3;6*2-1(3,4)5/h6H,1-4H3;;;;;;/q+1;6*-1. The minimum absolute atomic E-state index is 0.769. The second-order valence-electron chi connectivity index (χ2n) is 4.62. The first kappa shape index (κ1) is 52.4. The van der Waals surface area contributed by atoms with Crippen molar-refractivity contribution in [2.75, 3.05) is 28.3 Å². The number of hydrogen-bond donors (Lipinski definition) is 1. The lowest BCUT2D eigenvalue weighted by molar-refractivity contribution is -0.0946. The van der Waals surface area contributed by atoms with Crippen molar-refractivity contribution in [2.45, 2.75) is 0 Å². The van der Waals surface area contributed by atoms with E-state index in [0.29, 0.717) is 0 Å². The van der Waals surface area contributed by atoms with Gasteiger partial charge in [0.1, 0.15) is 0 Å². The van der Waals surface area contributed by atoms with Gasteiger partial charge in [0.25, 0.3) is 7.11 Å². The summed E-state index contributed by atoms with van der Waals surface area (Å²) < 4.78 is 239. The van der Waals surface area contributed by atoms with Gasteiger partial charge in [-0.2, -0.15) is 0 Å². The summed E-state index contributed by atoms with van der Waals surface area (Å²) in [6.07, 6.45) is 0. The molecule has 0 fully saturated rings. The summed E-state index contributed by atoms with van der Waals surface area (Å²) in [6.45, 7) is 0. The number of amides is 2. The molecule has 38 heavy (non-hydrogen) atoms. The van der Waals surface area contributed by atoms with Crippen LogP contribution < -0.4 is 5.32 Å². The van der Waals surface area contributed by atoms with Crippen molar-refractivity contribution in [1.82, 2.24) is 10.2 Å². The first-order valence-corrected chi connectivity index (χ1v) is 7.72. The molecule has 0 aromatic heterocycles. The molecule has 3 nitrogen and oxygen atoms in total. The molecule has 0 aliphatic heterocycles. The summed E-state index contributed by atoms with van der Waals surface area (Å²) in [5.74, 6) is 0. The molecule has 0 aliphatic rings. The minimum atomic E-state index is -6.00. The van der Waals surface area contributed by atoms with Gasteiger partial charge < -0.3 is 104 Å². The molecule has 33 heteroatoms. The number of nitrogens with zero attached hydrogens (tertiary/aromatic N) is 1. The summed E-state index contributed by atoms with van der Waals surface area (Å²) in [5, 5.41) is 2.87. The Balaban J connectivity index is -0.0000000596. The van der Waals surface area contributed by atoms with Gasteiger partial charge in [-0.15, -0.1) is 0 Å². The highest BCUT2D eigenvalue weighted by Crippen LogP contribution is 2.09. The lowest BCUT2D eigenvalue weighted by atomic mass is 10.3. The van der Waals surface area contributed by atoms with E-state index in [1.807, 2.05) is 26.0 Å². The van der Waals surface area contributed by atoms with Gasteiger partial charge in [0, 0.05) is 21.1 Å². The minimum Gasteiger partial charge on any atom is -0.418 e. The fraction of sp³-hybridized carbons (Fsp3) is 0.800. The molecular formula is C5H13B6F24N2O-5. The maximum absolute atomic E-state index is 9.75. The maximum Gasteiger partial charge on any atom is 0.673 e. The smallest absolute Gasteiger partial charge is 0.418 e. The van der Waals surface area contributed by atoms with E-state index in [-0.39, 0.29) is 0 Å². The second-order valence-corrected chi connectivity index (χ2v) is 4.62. The Labute approximate surface area is 197 Å². The molecule has 0 saturated heterocycles.